The third-order valence-corrected chi connectivity index (χ3v) is 4.83. The fraction of sp³-hybridized carbons (Fsp3) is 0.450. The molecule has 1 aliphatic heterocycles. The van der Waals surface area contributed by atoms with Crippen molar-refractivity contribution in [2.45, 2.75) is 19.4 Å². The van der Waals surface area contributed by atoms with E-state index in [1.54, 1.807) is 14.2 Å². The van der Waals surface area contributed by atoms with Gasteiger partial charge in [-0.1, -0.05) is 0 Å². The van der Waals surface area contributed by atoms with E-state index in [1.807, 2.05) is 24.5 Å². The first-order valence-corrected chi connectivity index (χ1v) is 8.81. The molecule has 0 aliphatic carbocycles. The number of benzene rings is 1. The standard InChI is InChI=1S/C20H27N3O2/c1-15-14-22-9-7-17(15)20(23-11-4-8-21-10-12-23)18-6-5-16(24-2)13-19(18)25-3/h5-7,9,13-14,20-21H,4,8,10-12H2,1-3H3. The van der Waals surface area contributed by atoms with Gasteiger partial charge in [-0.25, -0.2) is 0 Å². The Morgan fingerprint density at radius 2 is 1.96 bits per heavy atom. The molecule has 5 nitrogen and oxygen atoms in total. The molecule has 2 heterocycles. The van der Waals surface area contributed by atoms with E-state index in [9.17, 15) is 0 Å². The van der Waals surface area contributed by atoms with Crippen LogP contribution in [-0.2, 0) is 0 Å². The summed E-state index contributed by atoms with van der Waals surface area (Å²) in [6.07, 6.45) is 4.95. The Balaban J connectivity index is 2.09. The van der Waals surface area contributed by atoms with Gasteiger partial charge in [0.25, 0.3) is 0 Å². The van der Waals surface area contributed by atoms with Crippen LogP contribution in [0.5, 0.6) is 11.5 Å². The van der Waals surface area contributed by atoms with Crippen molar-refractivity contribution in [3.63, 3.8) is 0 Å². The Bertz CT molecular complexity index is 697. The van der Waals surface area contributed by atoms with Crippen LogP contribution in [0.4, 0.5) is 0 Å². The topological polar surface area (TPSA) is 46.6 Å². The Morgan fingerprint density at radius 3 is 2.72 bits per heavy atom. The third kappa shape index (κ3) is 3.94. The van der Waals surface area contributed by atoms with Crippen LogP contribution in [0.25, 0.3) is 0 Å². The van der Waals surface area contributed by atoms with Crippen molar-refractivity contribution >= 4 is 0 Å². The van der Waals surface area contributed by atoms with Gasteiger partial charge < -0.3 is 14.8 Å². The zero-order valence-electron chi connectivity index (χ0n) is 15.3. The van der Waals surface area contributed by atoms with Crippen LogP contribution < -0.4 is 14.8 Å². The first-order valence-electron chi connectivity index (χ1n) is 8.81. The van der Waals surface area contributed by atoms with Gasteiger partial charge in [0, 0.05) is 43.7 Å². The normalized spacial score (nSPS) is 16.9. The molecule has 1 atom stereocenters. The van der Waals surface area contributed by atoms with Gasteiger partial charge >= 0.3 is 0 Å². The van der Waals surface area contributed by atoms with Crippen molar-refractivity contribution in [1.29, 1.82) is 0 Å². The second-order valence-electron chi connectivity index (χ2n) is 6.38. The molecule has 3 rings (SSSR count). The summed E-state index contributed by atoms with van der Waals surface area (Å²) in [4.78, 5) is 6.81. The molecule has 1 N–H and O–H groups in total. The average molecular weight is 341 g/mol. The Morgan fingerprint density at radius 1 is 1.08 bits per heavy atom. The van der Waals surface area contributed by atoms with Gasteiger partial charge in [-0.3, -0.25) is 9.88 Å². The Labute approximate surface area is 150 Å². The number of aryl methyl sites for hydroxylation is 1. The number of hydrogen-bond donors (Lipinski definition) is 1. The van der Waals surface area contributed by atoms with Crippen molar-refractivity contribution in [2.24, 2.45) is 0 Å². The van der Waals surface area contributed by atoms with Gasteiger partial charge in [-0.2, -0.15) is 0 Å². The summed E-state index contributed by atoms with van der Waals surface area (Å²) >= 11 is 0. The van der Waals surface area contributed by atoms with Gasteiger partial charge in [0.2, 0.25) is 0 Å². The minimum Gasteiger partial charge on any atom is -0.497 e. The maximum Gasteiger partial charge on any atom is 0.127 e. The summed E-state index contributed by atoms with van der Waals surface area (Å²) in [6, 6.07) is 8.37. The van der Waals surface area contributed by atoms with E-state index in [2.05, 4.69) is 34.3 Å². The summed E-state index contributed by atoms with van der Waals surface area (Å²) in [5.74, 6) is 1.67. The third-order valence-electron chi connectivity index (χ3n) is 4.83. The first-order chi connectivity index (χ1) is 12.2. The highest BCUT2D eigenvalue weighted by molar-refractivity contribution is 5.47. The highest BCUT2D eigenvalue weighted by atomic mass is 16.5. The molecule has 1 unspecified atom stereocenters. The van der Waals surface area contributed by atoms with Crippen LogP contribution in [0.1, 0.15) is 29.2 Å². The van der Waals surface area contributed by atoms with E-state index in [4.69, 9.17) is 9.47 Å². The van der Waals surface area contributed by atoms with E-state index >= 15 is 0 Å². The van der Waals surface area contributed by atoms with Gasteiger partial charge in [-0.15, -0.1) is 0 Å². The number of hydrogen-bond acceptors (Lipinski definition) is 5. The quantitative estimate of drug-likeness (QED) is 0.906. The summed E-state index contributed by atoms with van der Waals surface area (Å²) in [7, 11) is 3.40. The van der Waals surface area contributed by atoms with Crippen LogP contribution in [0.3, 0.4) is 0 Å². The van der Waals surface area contributed by atoms with Crippen LogP contribution in [-0.4, -0.2) is 50.3 Å². The van der Waals surface area contributed by atoms with Crippen LogP contribution in [0.2, 0.25) is 0 Å². The zero-order valence-corrected chi connectivity index (χ0v) is 15.3. The molecule has 25 heavy (non-hydrogen) atoms. The predicted octanol–water partition coefficient (Wildman–Crippen LogP) is 2.79. The lowest BCUT2D eigenvalue weighted by Crippen LogP contribution is -2.33. The summed E-state index contributed by atoms with van der Waals surface area (Å²) in [6.45, 7) is 6.25. The van der Waals surface area contributed by atoms with Crippen LogP contribution in [0, 0.1) is 6.92 Å². The molecule has 134 valence electrons. The van der Waals surface area contributed by atoms with Gasteiger partial charge in [-0.05, 0) is 49.2 Å². The van der Waals surface area contributed by atoms with Gasteiger partial charge in [0.05, 0.1) is 20.3 Å². The minimum atomic E-state index is 0.142. The first kappa shape index (κ1) is 17.7. The number of nitrogens with one attached hydrogen (secondary N) is 1. The van der Waals surface area contributed by atoms with Gasteiger partial charge in [0.15, 0.2) is 0 Å². The molecule has 1 fully saturated rings. The van der Waals surface area contributed by atoms with E-state index < -0.39 is 0 Å². The Hall–Kier alpha value is -2.11. The van der Waals surface area contributed by atoms with Crippen LogP contribution >= 0.6 is 0 Å². The van der Waals surface area contributed by atoms with Crippen LogP contribution in [0.15, 0.2) is 36.7 Å². The Kier molecular flexibility index (Phi) is 5.89. The highest BCUT2D eigenvalue weighted by Crippen LogP contribution is 2.38. The molecule has 0 spiro atoms. The molecule has 1 aliphatic rings. The maximum absolute atomic E-state index is 5.71. The molecule has 2 aromatic rings. The summed E-state index contributed by atoms with van der Waals surface area (Å²) in [5.41, 5.74) is 3.64. The molecule has 1 saturated heterocycles. The van der Waals surface area contributed by atoms with Crippen molar-refractivity contribution < 1.29 is 9.47 Å². The molecule has 0 radical (unpaired) electrons. The van der Waals surface area contributed by atoms with Gasteiger partial charge in [0.1, 0.15) is 11.5 Å². The minimum absolute atomic E-state index is 0.142. The molecule has 1 aromatic heterocycles. The number of nitrogens with zero attached hydrogens (tertiary/aromatic N) is 2. The fourth-order valence-corrected chi connectivity index (χ4v) is 3.52. The fourth-order valence-electron chi connectivity index (χ4n) is 3.52. The molecule has 0 amide bonds. The lowest BCUT2D eigenvalue weighted by molar-refractivity contribution is 0.235. The molecular weight excluding hydrogens is 314 g/mol. The van der Waals surface area contributed by atoms with Crippen molar-refractivity contribution in [2.75, 3.05) is 40.4 Å². The van der Waals surface area contributed by atoms with Crippen molar-refractivity contribution in [3.8, 4) is 11.5 Å². The summed E-state index contributed by atoms with van der Waals surface area (Å²) in [5, 5.41) is 3.49. The number of aromatic nitrogens is 1. The number of ether oxygens (including phenoxy) is 2. The molecule has 0 saturated carbocycles. The maximum atomic E-state index is 5.71. The number of rotatable bonds is 5. The van der Waals surface area contributed by atoms with E-state index in [1.165, 1.54) is 16.7 Å². The second-order valence-corrected chi connectivity index (χ2v) is 6.38. The van der Waals surface area contributed by atoms with Crippen molar-refractivity contribution in [1.82, 2.24) is 15.2 Å². The predicted molar refractivity (Wildman–Crippen MR) is 99.4 cm³/mol. The average Bonchev–Trinajstić information content (AvgIpc) is 2.93. The summed E-state index contributed by atoms with van der Waals surface area (Å²) < 4.78 is 11.1. The SMILES string of the molecule is COc1ccc(C(c2ccncc2C)N2CCCNCC2)c(OC)c1. The largest absolute Gasteiger partial charge is 0.497 e. The lowest BCUT2D eigenvalue weighted by atomic mass is 9.93. The smallest absolute Gasteiger partial charge is 0.127 e. The van der Waals surface area contributed by atoms with E-state index in [0.717, 1.165) is 44.1 Å². The molecule has 1 aromatic carbocycles. The molecule has 5 heteroatoms. The molecule has 0 bridgehead atoms. The molecular formula is C20H27N3O2. The monoisotopic (exact) mass is 341 g/mol. The van der Waals surface area contributed by atoms with Crippen molar-refractivity contribution in [3.05, 3.63) is 53.3 Å². The lowest BCUT2D eigenvalue weighted by Gasteiger charge is -2.33. The number of pyridine rings is 1. The van der Waals surface area contributed by atoms with E-state index in [-0.39, 0.29) is 6.04 Å². The number of methoxy groups -OCH3 is 2. The zero-order chi connectivity index (χ0) is 17.6. The van der Waals surface area contributed by atoms with E-state index in [0.29, 0.717) is 0 Å². The highest BCUT2D eigenvalue weighted by Gasteiger charge is 2.27. The second kappa shape index (κ2) is 8.32.